The molecule has 0 fully saturated rings. The molecular formula is C23H28N2O5S. The minimum absolute atomic E-state index is 0.00498. The molecule has 0 aliphatic heterocycles. The van der Waals surface area contributed by atoms with Gasteiger partial charge in [0.25, 0.3) is 5.91 Å². The summed E-state index contributed by atoms with van der Waals surface area (Å²) in [5.41, 5.74) is 2.40. The highest BCUT2D eigenvalue weighted by molar-refractivity contribution is 7.92. The number of sulfonamides is 1. The number of esters is 1. The van der Waals surface area contributed by atoms with Crippen LogP contribution in [0.4, 0.5) is 5.69 Å². The highest BCUT2D eigenvalue weighted by Crippen LogP contribution is 2.23. The standard InChI is InChI=1S/C23H28N2O5S/c1-17(22(27)25-20-12-10-19(11-13-20)23(2,3)4)30-21(26)16-24-31(28,29)15-14-18-8-6-5-7-9-18/h5-15,17,24H,16H2,1-4H3,(H,25,27)/b15-14+. The van der Waals surface area contributed by atoms with E-state index in [1.807, 2.05) is 18.2 Å². The van der Waals surface area contributed by atoms with Crippen molar-refractivity contribution in [1.82, 2.24) is 4.72 Å². The average molecular weight is 445 g/mol. The van der Waals surface area contributed by atoms with Crippen LogP contribution in [0.1, 0.15) is 38.8 Å². The van der Waals surface area contributed by atoms with E-state index in [9.17, 15) is 18.0 Å². The third-order valence-electron chi connectivity index (χ3n) is 4.35. The number of benzene rings is 2. The maximum absolute atomic E-state index is 12.3. The summed E-state index contributed by atoms with van der Waals surface area (Å²) in [5, 5.41) is 3.64. The molecule has 0 saturated carbocycles. The molecule has 0 aromatic heterocycles. The molecule has 0 bridgehead atoms. The number of anilines is 1. The number of carbonyl (C=O) groups excluding carboxylic acids is 2. The number of hydrogen-bond acceptors (Lipinski definition) is 5. The van der Waals surface area contributed by atoms with Crippen LogP contribution >= 0.6 is 0 Å². The Kier molecular flexibility index (Phi) is 8.13. The van der Waals surface area contributed by atoms with Crippen molar-refractivity contribution in [3.63, 3.8) is 0 Å². The SMILES string of the molecule is CC(OC(=O)CNS(=O)(=O)/C=C/c1ccccc1)C(=O)Nc1ccc(C(C)(C)C)cc1. The van der Waals surface area contributed by atoms with E-state index >= 15 is 0 Å². The molecule has 166 valence electrons. The Morgan fingerprint density at radius 2 is 1.65 bits per heavy atom. The summed E-state index contributed by atoms with van der Waals surface area (Å²) in [5.74, 6) is -1.37. The minimum Gasteiger partial charge on any atom is -0.452 e. The Morgan fingerprint density at radius 1 is 1.03 bits per heavy atom. The fraction of sp³-hybridized carbons (Fsp3) is 0.304. The van der Waals surface area contributed by atoms with Crippen LogP contribution in [0.5, 0.6) is 0 Å². The van der Waals surface area contributed by atoms with Gasteiger partial charge in [0, 0.05) is 11.1 Å². The van der Waals surface area contributed by atoms with Crippen LogP contribution in [0.15, 0.2) is 60.0 Å². The maximum atomic E-state index is 12.3. The molecule has 2 aromatic carbocycles. The maximum Gasteiger partial charge on any atom is 0.321 e. The van der Waals surface area contributed by atoms with Gasteiger partial charge in [-0.05, 0) is 41.7 Å². The van der Waals surface area contributed by atoms with Crippen molar-refractivity contribution in [1.29, 1.82) is 0 Å². The molecule has 7 nitrogen and oxygen atoms in total. The molecule has 2 N–H and O–H groups in total. The molecule has 0 aliphatic carbocycles. The van der Waals surface area contributed by atoms with E-state index in [0.29, 0.717) is 11.3 Å². The van der Waals surface area contributed by atoms with Crippen molar-refractivity contribution >= 4 is 33.7 Å². The van der Waals surface area contributed by atoms with Crippen molar-refractivity contribution in [2.45, 2.75) is 39.2 Å². The third-order valence-corrected chi connectivity index (χ3v) is 5.39. The lowest BCUT2D eigenvalue weighted by Crippen LogP contribution is -2.35. The van der Waals surface area contributed by atoms with Crippen molar-refractivity contribution in [2.75, 3.05) is 11.9 Å². The van der Waals surface area contributed by atoms with Crippen LogP contribution in [0.25, 0.3) is 6.08 Å². The summed E-state index contributed by atoms with van der Waals surface area (Å²) >= 11 is 0. The van der Waals surface area contributed by atoms with Crippen LogP contribution in [-0.4, -0.2) is 32.9 Å². The zero-order valence-electron chi connectivity index (χ0n) is 18.1. The Bertz CT molecular complexity index is 1020. The predicted octanol–water partition coefficient (Wildman–Crippen LogP) is 3.44. The molecule has 0 radical (unpaired) electrons. The van der Waals surface area contributed by atoms with E-state index in [1.165, 1.54) is 13.0 Å². The van der Waals surface area contributed by atoms with Gasteiger partial charge >= 0.3 is 5.97 Å². The molecule has 2 aromatic rings. The van der Waals surface area contributed by atoms with E-state index in [1.54, 1.807) is 36.4 Å². The second-order valence-corrected chi connectivity index (χ2v) is 9.68. The number of nitrogens with one attached hydrogen (secondary N) is 2. The molecule has 8 heteroatoms. The molecule has 1 unspecified atom stereocenters. The first kappa shape index (κ1) is 24.3. The van der Waals surface area contributed by atoms with Gasteiger partial charge in [0.1, 0.15) is 6.54 Å². The van der Waals surface area contributed by atoms with Gasteiger partial charge in [0.15, 0.2) is 6.10 Å². The Labute approximate surface area is 183 Å². The molecule has 0 saturated heterocycles. The zero-order valence-corrected chi connectivity index (χ0v) is 18.9. The van der Waals surface area contributed by atoms with Crippen LogP contribution < -0.4 is 10.0 Å². The normalized spacial score (nSPS) is 13.0. The first-order valence-corrected chi connectivity index (χ1v) is 11.3. The first-order chi connectivity index (χ1) is 14.5. The van der Waals surface area contributed by atoms with Gasteiger partial charge in [-0.3, -0.25) is 9.59 Å². The topological polar surface area (TPSA) is 102 Å². The number of carbonyl (C=O) groups is 2. The van der Waals surface area contributed by atoms with E-state index < -0.39 is 34.5 Å². The summed E-state index contributed by atoms with van der Waals surface area (Å²) < 4.78 is 31.1. The zero-order chi connectivity index (χ0) is 23.1. The van der Waals surface area contributed by atoms with E-state index in [-0.39, 0.29) is 5.41 Å². The van der Waals surface area contributed by atoms with Gasteiger partial charge in [-0.25, -0.2) is 13.1 Å². The quantitative estimate of drug-likeness (QED) is 0.608. The Balaban J connectivity index is 1.83. The van der Waals surface area contributed by atoms with Crippen molar-refractivity contribution in [3.05, 3.63) is 71.1 Å². The second kappa shape index (κ2) is 10.4. The number of rotatable bonds is 8. The predicted molar refractivity (Wildman–Crippen MR) is 122 cm³/mol. The van der Waals surface area contributed by atoms with Crippen LogP contribution in [0.3, 0.4) is 0 Å². The molecule has 1 atom stereocenters. The Hall–Kier alpha value is -2.97. The number of amides is 1. The lowest BCUT2D eigenvalue weighted by molar-refractivity contribution is -0.151. The van der Waals surface area contributed by atoms with E-state index in [0.717, 1.165) is 11.0 Å². The third kappa shape index (κ3) is 8.35. The minimum atomic E-state index is -3.83. The molecule has 1 amide bonds. The van der Waals surface area contributed by atoms with Crippen LogP contribution in [0, 0.1) is 0 Å². The largest absolute Gasteiger partial charge is 0.452 e. The lowest BCUT2D eigenvalue weighted by Gasteiger charge is -2.19. The van der Waals surface area contributed by atoms with E-state index in [2.05, 4.69) is 30.8 Å². The molecule has 31 heavy (non-hydrogen) atoms. The van der Waals surface area contributed by atoms with Crippen LogP contribution in [0.2, 0.25) is 0 Å². The Morgan fingerprint density at radius 3 is 2.23 bits per heavy atom. The van der Waals surface area contributed by atoms with Crippen molar-refractivity contribution in [2.24, 2.45) is 0 Å². The number of hydrogen-bond donors (Lipinski definition) is 2. The molecule has 2 rings (SSSR count). The summed E-state index contributed by atoms with van der Waals surface area (Å²) in [6.07, 6.45) is 0.327. The van der Waals surface area contributed by atoms with Crippen molar-refractivity contribution in [3.8, 4) is 0 Å². The summed E-state index contributed by atoms with van der Waals surface area (Å²) in [6, 6.07) is 16.3. The molecule has 0 aliphatic rings. The van der Waals surface area contributed by atoms with Gasteiger partial charge in [-0.1, -0.05) is 63.2 Å². The highest BCUT2D eigenvalue weighted by Gasteiger charge is 2.19. The van der Waals surface area contributed by atoms with Gasteiger partial charge < -0.3 is 10.1 Å². The smallest absolute Gasteiger partial charge is 0.321 e. The number of ether oxygens (including phenoxy) is 1. The summed E-state index contributed by atoms with van der Waals surface area (Å²) in [7, 11) is -3.83. The fourth-order valence-corrected chi connectivity index (χ4v) is 3.28. The van der Waals surface area contributed by atoms with Gasteiger partial charge in [-0.2, -0.15) is 0 Å². The second-order valence-electron chi connectivity index (χ2n) is 8.03. The van der Waals surface area contributed by atoms with Gasteiger partial charge in [0.2, 0.25) is 10.0 Å². The van der Waals surface area contributed by atoms with Crippen LogP contribution in [-0.2, 0) is 29.8 Å². The molecule has 0 spiro atoms. The lowest BCUT2D eigenvalue weighted by atomic mass is 9.87. The summed E-state index contributed by atoms with van der Waals surface area (Å²) in [4.78, 5) is 24.2. The fourth-order valence-electron chi connectivity index (χ4n) is 2.53. The summed E-state index contributed by atoms with van der Waals surface area (Å²) in [6.45, 7) is 7.11. The highest BCUT2D eigenvalue weighted by atomic mass is 32.2. The van der Waals surface area contributed by atoms with Crippen molar-refractivity contribution < 1.29 is 22.7 Å². The molecule has 0 heterocycles. The molecular weight excluding hydrogens is 416 g/mol. The average Bonchev–Trinajstić information content (AvgIpc) is 2.71. The van der Waals surface area contributed by atoms with Gasteiger partial charge in [-0.15, -0.1) is 0 Å². The first-order valence-electron chi connectivity index (χ1n) is 9.80. The monoisotopic (exact) mass is 444 g/mol. The van der Waals surface area contributed by atoms with E-state index in [4.69, 9.17) is 4.74 Å². The van der Waals surface area contributed by atoms with Gasteiger partial charge in [0.05, 0.1) is 0 Å².